The molecule has 0 saturated carbocycles. The molecule has 9 nitrogen and oxygen atoms in total. The number of likely N-dealkylation sites (tertiary alicyclic amines) is 1. The molecule has 0 spiro atoms. The monoisotopic (exact) mass is 543 g/mol. The van der Waals surface area contributed by atoms with Gasteiger partial charge in [0.15, 0.2) is 23.1 Å². The van der Waals surface area contributed by atoms with Crippen molar-refractivity contribution in [3.8, 4) is 29.0 Å². The number of piperidine rings is 1. The maximum absolute atomic E-state index is 15.1. The Morgan fingerprint density at radius 1 is 1.27 bits per heavy atom. The normalized spacial score (nSPS) is 14.7. The number of hydrogen-bond acceptors (Lipinski definition) is 7. The van der Waals surface area contributed by atoms with Crippen molar-refractivity contribution in [2.24, 2.45) is 4.99 Å². The third-order valence-electron chi connectivity index (χ3n) is 6.18. The quantitative estimate of drug-likeness (QED) is 0.388. The van der Waals surface area contributed by atoms with Crippen LogP contribution in [0.1, 0.15) is 19.8 Å². The maximum atomic E-state index is 15.1. The predicted molar refractivity (Wildman–Crippen MR) is 139 cm³/mol. The molecule has 190 valence electrons. The molecule has 2 aliphatic heterocycles. The molecule has 37 heavy (non-hydrogen) atoms. The van der Waals surface area contributed by atoms with E-state index in [4.69, 9.17) is 32.7 Å². The van der Waals surface area contributed by atoms with Crippen LogP contribution < -0.4 is 20.5 Å². The SMILES string of the molecule is CC#CC(=O)N1CCC(Oc2c(OC)cc3c4c(n(-c5ccc(Cl)c(Cl)c5F)c(=O)nc24)N=CN3)CC1. The van der Waals surface area contributed by atoms with Gasteiger partial charge in [0, 0.05) is 32.0 Å². The zero-order valence-electron chi connectivity index (χ0n) is 19.8. The van der Waals surface area contributed by atoms with Crippen molar-refractivity contribution >= 4 is 57.9 Å². The van der Waals surface area contributed by atoms with E-state index in [2.05, 4.69) is 27.1 Å². The molecule has 1 fully saturated rings. The van der Waals surface area contributed by atoms with Gasteiger partial charge in [0.05, 0.1) is 40.3 Å². The van der Waals surface area contributed by atoms with E-state index in [1.807, 2.05) is 0 Å². The number of carbonyl (C=O) groups excluding carboxylic acids is 1. The van der Waals surface area contributed by atoms with Crippen molar-refractivity contribution < 1.29 is 18.7 Å². The molecule has 0 unspecified atom stereocenters. The van der Waals surface area contributed by atoms with E-state index in [9.17, 15) is 9.59 Å². The number of amides is 1. The fourth-order valence-corrected chi connectivity index (χ4v) is 4.71. The third-order valence-corrected chi connectivity index (χ3v) is 6.96. The molecule has 1 saturated heterocycles. The van der Waals surface area contributed by atoms with Crippen molar-refractivity contribution in [1.29, 1.82) is 0 Å². The Hall–Kier alpha value is -3.81. The molecule has 0 bridgehead atoms. The van der Waals surface area contributed by atoms with Gasteiger partial charge < -0.3 is 19.7 Å². The lowest BCUT2D eigenvalue weighted by Crippen LogP contribution is -2.41. The highest BCUT2D eigenvalue weighted by Crippen LogP contribution is 2.45. The van der Waals surface area contributed by atoms with Crippen LogP contribution in [-0.2, 0) is 4.79 Å². The number of anilines is 1. The summed E-state index contributed by atoms with van der Waals surface area (Å²) in [6.07, 6.45) is 2.23. The van der Waals surface area contributed by atoms with Gasteiger partial charge in [0.25, 0.3) is 5.91 Å². The van der Waals surface area contributed by atoms with Crippen molar-refractivity contribution in [1.82, 2.24) is 14.5 Å². The van der Waals surface area contributed by atoms with E-state index in [0.717, 1.165) is 4.57 Å². The van der Waals surface area contributed by atoms with Gasteiger partial charge in [0.1, 0.15) is 11.6 Å². The minimum Gasteiger partial charge on any atom is -0.493 e. The van der Waals surface area contributed by atoms with Crippen molar-refractivity contribution in [2.75, 3.05) is 25.5 Å². The minimum atomic E-state index is -0.872. The summed E-state index contributed by atoms with van der Waals surface area (Å²) in [5.41, 5.74) is -0.170. The molecule has 0 radical (unpaired) electrons. The molecule has 2 aromatic carbocycles. The summed E-state index contributed by atoms with van der Waals surface area (Å²) in [5.74, 6) is 4.84. The standard InChI is InChI=1S/C25H20Cl2FN5O4/c1-3-4-18(34)32-9-7-13(8-10-32)37-23-17(36-2)11-15-19-22(23)31-25(35)33(24(19)30-12-29-15)16-6-5-14(26)20(27)21(16)28/h5-6,11-13H,7-10H2,1-2H3,(H,29,30). The second kappa shape index (κ2) is 9.92. The average Bonchev–Trinajstić information content (AvgIpc) is 2.90. The number of carbonyl (C=O) groups is 1. The molecular formula is C25H20Cl2FN5O4. The number of methoxy groups -OCH3 is 1. The summed E-state index contributed by atoms with van der Waals surface area (Å²) >= 11 is 11.9. The lowest BCUT2D eigenvalue weighted by atomic mass is 10.1. The van der Waals surface area contributed by atoms with Crippen LogP contribution in [0, 0.1) is 17.7 Å². The van der Waals surface area contributed by atoms with Crippen molar-refractivity contribution in [2.45, 2.75) is 25.9 Å². The molecule has 5 rings (SSSR count). The van der Waals surface area contributed by atoms with E-state index in [0.29, 0.717) is 42.8 Å². The number of ether oxygens (including phenoxy) is 2. The fraction of sp³-hybridized carbons (Fsp3) is 0.280. The van der Waals surface area contributed by atoms with Crippen LogP contribution in [0.15, 0.2) is 28.0 Å². The Bertz CT molecular complexity index is 1590. The highest BCUT2D eigenvalue weighted by atomic mass is 35.5. The van der Waals surface area contributed by atoms with Crippen molar-refractivity contribution in [3.63, 3.8) is 0 Å². The van der Waals surface area contributed by atoms with Crippen LogP contribution in [0.4, 0.5) is 15.9 Å². The molecule has 0 aliphatic carbocycles. The summed E-state index contributed by atoms with van der Waals surface area (Å²) < 4.78 is 28.0. The summed E-state index contributed by atoms with van der Waals surface area (Å²) in [6, 6.07) is 4.43. The second-order valence-electron chi connectivity index (χ2n) is 8.31. The maximum Gasteiger partial charge on any atom is 0.354 e. The number of nitrogens with one attached hydrogen (secondary N) is 1. The first-order valence-corrected chi connectivity index (χ1v) is 12.1. The summed E-state index contributed by atoms with van der Waals surface area (Å²) in [5, 5.41) is 3.15. The van der Waals surface area contributed by atoms with E-state index in [1.54, 1.807) is 17.9 Å². The lowest BCUT2D eigenvalue weighted by Gasteiger charge is -2.31. The van der Waals surface area contributed by atoms with Gasteiger partial charge in [-0.3, -0.25) is 4.79 Å². The first-order chi connectivity index (χ1) is 17.8. The van der Waals surface area contributed by atoms with Gasteiger partial charge >= 0.3 is 5.69 Å². The number of benzene rings is 2. The molecule has 12 heteroatoms. The molecule has 1 aromatic heterocycles. The van der Waals surface area contributed by atoms with Crippen LogP contribution in [0.5, 0.6) is 11.5 Å². The summed E-state index contributed by atoms with van der Waals surface area (Å²) in [4.78, 5) is 35.6. The number of aliphatic imine (C=N–C) groups is 1. The Kier molecular flexibility index (Phi) is 6.67. The Labute approximate surface area is 220 Å². The molecular weight excluding hydrogens is 524 g/mol. The Morgan fingerprint density at radius 3 is 2.73 bits per heavy atom. The molecule has 2 aliphatic rings. The predicted octanol–water partition coefficient (Wildman–Crippen LogP) is 4.32. The van der Waals surface area contributed by atoms with Gasteiger partial charge in [-0.2, -0.15) is 4.98 Å². The Balaban J connectivity index is 1.61. The zero-order chi connectivity index (χ0) is 26.3. The number of hydrogen-bond donors (Lipinski definition) is 1. The van der Waals surface area contributed by atoms with E-state index in [-0.39, 0.29) is 44.8 Å². The number of aromatic nitrogens is 2. The lowest BCUT2D eigenvalue weighted by molar-refractivity contribution is -0.126. The Morgan fingerprint density at radius 2 is 2.03 bits per heavy atom. The molecule has 1 amide bonds. The summed E-state index contributed by atoms with van der Waals surface area (Å²) in [7, 11) is 1.48. The first-order valence-electron chi connectivity index (χ1n) is 11.3. The number of rotatable bonds is 4. The number of nitrogens with zero attached hydrogens (tertiary/aromatic N) is 4. The number of halogens is 3. The van der Waals surface area contributed by atoms with E-state index in [1.165, 1.54) is 25.6 Å². The fourth-order valence-electron chi connectivity index (χ4n) is 4.41. The van der Waals surface area contributed by atoms with Crippen LogP contribution >= 0.6 is 23.2 Å². The van der Waals surface area contributed by atoms with Crippen LogP contribution in [-0.4, -0.2) is 53.0 Å². The molecule has 1 N–H and O–H groups in total. The van der Waals surface area contributed by atoms with Crippen LogP contribution in [0.25, 0.3) is 16.6 Å². The van der Waals surface area contributed by atoms with E-state index >= 15 is 4.39 Å². The topological polar surface area (TPSA) is 98.0 Å². The van der Waals surface area contributed by atoms with Gasteiger partial charge in [-0.1, -0.05) is 29.1 Å². The minimum absolute atomic E-state index is 0.0131. The van der Waals surface area contributed by atoms with Gasteiger partial charge in [-0.05, 0) is 25.0 Å². The molecule has 3 heterocycles. The third kappa shape index (κ3) is 4.34. The second-order valence-corrected chi connectivity index (χ2v) is 9.10. The smallest absolute Gasteiger partial charge is 0.354 e. The highest BCUT2D eigenvalue weighted by Gasteiger charge is 2.29. The van der Waals surface area contributed by atoms with Crippen LogP contribution in [0.2, 0.25) is 10.0 Å². The zero-order valence-corrected chi connectivity index (χ0v) is 21.3. The first kappa shape index (κ1) is 24.9. The van der Waals surface area contributed by atoms with Gasteiger partial charge in [0.2, 0.25) is 0 Å². The molecule has 0 atom stereocenters. The molecule has 3 aromatic rings. The van der Waals surface area contributed by atoms with E-state index < -0.39 is 11.5 Å². The van der Waals surface area contributed by atoms with Gasteiger partial charge in [-0.15, -0.1) is 0 Å². The van der Waals surface area contributed by atoms with Crippen LogP contribution in [0.3, 0.4) is 0 Å². The highest BCUT2D eigenvalue weighted by molar-refractivity contribution is 6.42. The van der Waals surface area contributed by atoms with Gasteiger partial charge in [-0.25, -0.2) is 18.7 Å². The summed E-state index contributed by atoms with van der Waals surface area (Å²) in [6.45, 7) is 2.57. The average molecular weight is 544 g/mol. The largest absolute Gasteiger partial charge is 0.493 e. The van der Waals surface area contributed by atoms with Crippen molar-refractivity contribution in [3.05, 3.63) is 44.5 Å².